The lowest BCUT2D eigenvalue weighted by Crippen LogP contribution is -2.30. The van der Waals surface area contributed by atoms with E-state index in [-0.39, 0.29) is 5.69 Å². The maximum absolute atomic E-state index is 15.3. The Morgan fingerprint density at radius 1 is 1.15 bits per heavy atom. The predicted octanol–water partition coefficient (Wildman–Crippen LogP) is 5.69. The number of anilines is 3. The van der Waals surface area contributed by atoms with Gasteiger partial charge in [-0.05, 0) is 31.0 Å². The lowest BCUT2D eigenvalue weighted by Gasteiger charge is -2.24. The minimum absolute atomic E-state index is 0.261. The van der Waals surface area contributed by atoms with Crippen LogP contribution >= 0.6 is 0 Å². The van der Waals surface area contributed by atoms with Gasteiger partial charge in [0.1, 0.15) is 35.5 Å². The van der Waals surface area contributed by atoms with Crippen molar-refractivity contribution in [3.8, 4) is 17.2 Å². The number of fused-ring (bicyclic) bond motifs is 3. The summed E-state index contributed by atoms with van der Waals surface area (Å²) in [4.78, 5) is 20.2. The Balaban J connectivity index is 1.32. The van der Waals surface area contributed by atoms with E-state index in [1.807, 2.05) is 13.0 Å². The molecule has 39 heavy (non-hydrogen) atoms. The number of unbranched alkanes of at least 4 members (excludes halogenated alkanes) is 1. The van der Waals surface area contributed by atoms with Crippen molar-refractivity contribution in [2.24, 2.45) is 5.92 Å². The van der Waals surface area contributed by atoms with E-state index in [4.69, 9.17) is 14.5 Å². The molecule has 1 unspecified atom stereocenters. The van der Waals surface area contributed by atoms with Crippen molar-refractivity contribution >= 4 is 34.0 Å². The number of halogens is 1. The zero-order valence-electron chi connectivity index (χ0n) is 22.1. The minimum atomic E-state index is -0.484. The highest BCUT2D eigenvalue weighted by molar-refractivity contribution is 5.90. The fourth-order valence-corrected chi connectivity index (χ4v) is 4.66. The highest BCUT2D eigenvalue weighted by atomic mass is 19.1. The molecule has 1 aliphatic rings. The van der Waals surface area contributed by atoms with E-state index in [0.717, 1.165) is 37.3 Å². The molecular formula is C28H29FN8O2. The van der Waals surface area contributed by atoms with Gasteiger partial charge < -0.3 is 19.7 Å². The molecule has 1 aliphatic heterocycles. The molecule has 0 saturated carbocycles. The topological polar surface area (TPSA) is 103 Å². The third kappa shape index (κ3) is 4.99. The molecule has 5 aromatic rings. The van der Waals surface area contributed by atoms with Gasteiger partial charge >= 0.3 is 0 Å². The number of aromatic nitrogens is 6. The number of hydrogen-bond acceptors (Lipinski definition) is 9. The Bertz CT molecular complexity index is 1660. The van der Waals surface area contributed by atoms with Crippen LogP contribution in [-0.4, -0.2) is 49.2 Å². The van der Waals surface area contributed by atoms with Crippen molar-refractivity contribution in [1.29, 1.82) is 0 Å². The Morgan fingerprint density at radius 2 is 2.05 bits per heavy atom. The summed E-state index contributed by atoms with van der Waals surface area (Å²) in [6.07, 6.45) is 6.77. The molecule has 1 aromatic carbocycles. The summed E-state index contributed by atoms with van der Waals surface area (Å²) >= 11 is 0. The van der Waals surface area contributed by atoms with Crippen molar-refractivity contribution < 1.29 is 13.9 Å². The van der Waals surface area contributed by atoms with E-state index >= 15 is 4.39 Å². The quantitative estimate of drug-likeness (QED) is 0.285. The van der Waals surface area contributed by atoms with Crippen molar-refractivity contribution in [2.45, 2.75) is 33.6 Å². The maximum Gasteiger partial charge on any atom is 0.172 e. The number of nitrogens with one attached hydrogen (secondary N) is 1. The van der Waals surface area contributed by atoms with Gasteiger partial charge in [0.15, 0.2) is 23.0 Å². The Hall–Kier alpha value is -4.54. The van der Waals surface area contributed by atoms with Crippen molar-refractivity contribution in [3.63, 3.8) is 0 Å². The number of benzene rings is 1. The maximum atomic E-state index is 15.3. The number of aryl methyl sites for hydroxylation is 1. The summed E-state index contributed by atoms with van der Waals surface area (Å²) in [7, 11) is 0. The van der Waals surface area contributed by atoms with Gasteiger partial charge in [0.05, 0.1) is 17.8 Å². The molecule has 0 aliphatic carbocycles. The first-order chi connectivity index (χ1) is 19.0. The van der Waals surface area contributed by atoms with Crippen LogP contribution < -0.4 is 19.7 Å². The van der Waals surface area contributed by atoms with Crippen LogP contribution in [0, 0.1) is 18.7 Å². The van der Waals surface area contributed by atoms with Crippen LogP contribution in [0.25, 0.3) is 16.7 Å². The van der Waals surface area contributed by atoms with Crippen LogP contribution in [0.5, 0.6) is 17.2 Å². The van der Waals surface area contributed by atoms with Crippen molar-refractivity contribution in [3.05, 3.63) is 60.6 Å². The average molecular weight is 529 g/mol. The van der Waals surface area contributed by atoms with Gasteiger partial charge in [0, 0.05) is 43.4 Å². The van der Waals surface area contributed by atoms with Gasteiger partial charge in [-0.1, -0.05) is 20.3 Å². The van der Waals surface area contributed by atoms with Gasteiger partial charge in [-0.2, -0.15) is 5.10 Å². The van der Waals surface area contributed by atoms with Crippen LogP contribution in [0.4, 0.5) is 21.7 Å². The third-order valence-corrected chi connectivity index (χ3v) is 6.69. The zero-order chi connectivity index (χ0) is 26.9. The van der Waals surface area contributed by atoms with Gasteiger partial charge in [-0.15, -0.1) is 0 Å². The van der Waals surface area contributed by atoms with E-state index in [1.165, 1.54) is 18.7 Å². The van der Waals surface area contributed by atoms with Crippen molar-refractivity contribution in [1.82, 2.24) is 29.5 Å². The lowest BCUT2D eigenvalue weighted by atomic mass is 10.2. The summed E-state index contributed by atoms with van der Waals surface area (Å²) in [6.45, 7) is 8.54. The molecule has 0 bridgehead atoms. The summed E-state index contributed by atoms with van der Waals surface area (Å²) in [5.41, 5.74) is 2.82. The molecule has 4 aromatic heterocycles. The summed E-state index contributed by atoms with van der Waals surface area (Å²) in [6, 6.07) is 8.44. The normalized spacial score (nSPS) is 15.2. The number of nitrogens with zero attached hydrogens (tertiary/aromatic N) is 7. The molecule has 0 radical (unpaired) electrons. The molecule has 1 atom stereocenters. The zero-order valence-corrected chi connectivity index (χ0v) is 22.1. The van der Waals surface area contributed by atoms with E-state index < -0.39 is 5.82 Å². The van der Waals surface area contributed by atoms with E-state index in [1.54, 1.807) is 28.9 Å². The lowest BCUT2D eigenvalue weighted by molar-refractivity contribution is 0.273. The van der Waals surface area contributed by atoms with Crippen LogP contribution in [0.3, 0.4) is 0 Å². The fraction of sp³-hybridized carbons (Fsp3) is 0.321. The van der Waals surface area contributed by atoms with Gasteiger partial charge in [-0.3, -0.25) is 0 Å². The Labute approximate surface area is 224 Å². The second-order valence-corrected chi connectivity index (χ2v) is 9.87. The van der Waals surface area contributed by atoms with E-state index in [2.05, 4.69) is 44.1 Å². The Morgan fingerprint density at radius 3 is 2.92 bits per heavy atom. The summed E-state index contributed by atoms with van der Waals surface area (Å²) < 4.78 is 29.0. The van der Waals surface area contributed by atoms with Crippen LogP contribution in [-0.2, 0) is 0 Å². The molecule has 200 valence electrons. The molecule has 0 saturated heterocycles. The number of rotatable bonds is 7. The van der Waals surface area contributed by atoms with Gasteiger partial charge in [0.2, 0.25) is 0 Å². The SMILES string of the molecule is CCCCN1CC(C)COc2cc3ncnc(Nc4cc(C)c(Oc5ccn6ncnc6c5)cc4F)c3nc21. The highest BCUT2D eigenvalue weighted by Crippen LogP contribution is 2.36. The molecule has 0 amide bonds. The highest BCUT2D eigenvalue weighted by Gasteiger charge is 2.24. The predicted molar refractivity (Wildman–Crippen MR) is 147 cm³/mol. The summed E-state index contributed by atoms with van der Waals surface area (Å²) in [5.74, 6) is 2.70. The molecule has 0 spiro atoms. The molecular weight excluding hydrogens is 499 g/mol. The first-order valence-electron chi connectivity index (χ1n) is 13.1. The van der Waals surface area contributed by atoms with Gasteiger partial charge in [-0.25, -0.2) is 28.8 Å². The molecule has 10 nitrogen and oxygen atoms in total. The fourth-order valence-electron chi connectivity index (χ4n) is 4.66. The summed E-state index contributed by atoms with van der Waals surface area (Å²) in [5, 5.41) is 7.21. The van der Waals surface area contributed by atoms with E-state index in [0.29, 0.717) is 52.3 Å². The molecule has 0 fully saturated rings. The number of hydrogen-bond donors (Lipinski definition) is 1. The molecule has 6 rings (SSSR count). The monoisotopic (exact) mass is 528 g/mol. The third-order valence-electron chi connectivity index (χ3n) is 6.69. The molecule has 1 N–H and O–H groups in total. The Kier molecular flexibility index (Phi) is 6.55. The first kappa shape index (κ1) is 24.8. The molecule has 11 heteroatoms. The smallest absolute Gasteiger partial charge is 0.172 e. The largest absolute Gasteiger partial charge is 0.489 e. The van der Waals surface area contributed by atoms with Gasteiger partial charge in [0.25, 0.3) is 0 Å². The van der Waals surface area contributed by atoms with E-state index in [9.17, 15) is 0 Å². The van der Waals surface area contributed by atoms with Crippen molar-refractivity contribution in [2.75, 3.05) is 29.9 Å². The average Bonchev–Trinajstić information content (AvgIpc) is 3.34. The second kappa shape index (κ2) is 10.3. The van der Waals surface area contributed by atoms with Crippen LogP contribution in [0.2, 0.25) is 0 Å². The number of ether oxygens (including phenoxy) is 2. The standard InChI is InChI=1S/C28H29FN8O2/c1-4-5-7-36-13-17(2)14-38-24-12-22-26(35-28(24)36)27(32-15-30-22)34-21-9-18(3)23(11-20(21)29)39-19-6-8-37-25(10-19)31-16-33-37/h6,8-12,15-17H,4-5,7,13-14H2,1-3H3,(H,30,32,34). The number of pyridine rings is 2. The molecule has 5 heterocycles. The second-order valence-electron chi connectivity index (χ2n) is 9.87. The van der Waals surface area contributed by atoms with Crippen LogP contribution in [0.15, 0.2) is 49.2 Å². The first-order valence-corrected chi connectivity index (χ1v) is 13.1. The minimum Gasteiger partial charge on any atom is -0.489 e. The van der Waals surface area contributed by atoms with Crippen LogP contribution in [0.1, 0.15) is 32.3 Å².